The monoisotopic (exact) mass is 310 g/mol. The van der Waals surface area contributed by atoms with Crippen LogP contribution < -0.4 is 0 Å². The van der Waals surface area contributed by atoms with E-state index in [4.69, 9.17) is 0 Å². The molecule has 12 heteroatoms. The van der Waals surface area contributed by atoms with E-state index in [1.807, 2.05) is 0 Å². The van der Waals surface area contributed by atoms with E-state index in [-0.39, 0.29) is 0 Å². The third kappa shape index (κ3) is 5.91. The Bertz CT molecular complexity index is 258. The third-order valence-corrected chi connectivity index (χ3v) is 1.95. The van der Waals surface area contributed by atoms with Crippen LogP contribution in [0.3, 0.4) is 0 Å². The molecule has 0 saturated carbocycles. The van der Waals surface area contributed by atoms with E-state index in [0.717, 1.165) is 0 Å². The van der Waals surface area contributed by atoms with E-state index in [9.17, 15) is 39.3 Å². The zero-order chi connectivity index (χ0) is 14.6. The first-order chi connectivity index (χ1) is 7.99. The number of halogens is 8. The molecule has 0 aliphatic carbocycles. The number of rotatable bonds is 8. The van der Waals surface area contributed by atoms with Crippen molar-refractivity contribution >= 4 is 11.4 Å². The van der Waals surface area contributed by atoms with Gasteiger partial charge in [0.15, 0.2) is 0 Å². The van der Waals surface area contributed by atoms with Crippen molar-refractivity contribution in [2.24, 2.45) is 0 Å². The predicted molar refractivity (Wildman–Crippen MR) is 41.9 cm³/mol. The lowest BCUT2D eigenvalue weighted by molar-refractivity contribution is -0.155. The summed E-state index contributed by atoms with van der Waals surface area (Å²) >= 11 is -3.27. The molecule has 0 radical (unpaired) electrons. The van der Waals surface area contributed by atoms with Crippen molar-refractivity contribution in [1.29, 1.82) is 0 Å². The lowest BCUT2D eigenvalue weighted by Gasteiger charge is -2.16. The van der Waals surface area contributed by atoms with E-state index < -0.39 is 49.3 Å². The Labute approximate surface area is 97.9 Å². The van der Waals surface area contributed by atoms with Gasteiger partial charge in [-0.3, -0.25) is 8.37 Å². The molecule has 0 amide bonds. The van der Waals surface area contributed by atoms with Crippen LogP contribution in [0.1, 0.15) is 0 Å². The van der Waals surface area contributed by atoms with Crippen LogP contribution in [0.25, 0.3) is 0 Å². The average Bonchev–Trinajstić information content (AvgIpc) is 2.23. The van der Waals surface area contributed by atoms with Gasteiger partial charge in [0.1, 0.15) is 13.2 Å². The van der Waals surface area contributed by atoms with Crippen LogP contribution in [-0.4, -0.2) is 42.1 Å². The Morgan fingerprint density at radius 3 is 1.33 bits per heavy atom. The minimum absolute atomic E-state index is 2.07. The Hall–Kier alpha value is -0.490. The van der Waals surface area contributed by atoms with Crippen LogP contribution in [0.2, 0.25) is 0 Å². The molecule has 0 aromatic carbocycles. The fourth-order valence-electron chi connectivity index (χ4n) is 0.413. The van der Waals surface area contributed by atoms with Crippen LogP contribution in [0, 0.1) is 0 Å². The first-order valence-corrected chi connectivity index (χ1v) is 4.99. The van der Waals surface area contributed by atoms with E-state index in [2.05, 4.69) is 8.37 Å². The minimum Gasteiger partial charge on any atom is -0.262 e. The van der Waals surface area contributed by atoms with Crippen LogP contribution in [-0.2, 0) is 19.7 Å². The highest BCUT2D eigenvalue weighted by atomic mass is 32.2. The van der Waals surface area contributed by atoms with E-state index in [0.29, 0.717) is 0 Å². The summed E-state index contributed by atoms with van der Waals surface area (Å²) in [7, 11) is 0. The Morgan fingerprint density at radius 2 is 1.11 bits per heavy atom. The van der Waals surface area contributed by atoms with Gasteiger partial charge in [0.2, 0.25) is 0 Å². The molecule has 0 bridgehead atoms. The lowest BCUT2D eigenvalue weighted by Crippen LogP contribution is -2.35. The van der Waals surface area contributed by atoms with Gasteiger partial charge in [-0.15, -0.1) is 0 Å². The summed E-state index contributed by atoms with van der Waals surface area (Å²) in [5.74, 6) is -9.32. The number of hydrogen-bond donors (Lipinski definition) is 0. The molecule has 0 aliphatic heterocycles. The van der Waals surface area contributed by atoms with Gasteiger partial charge >= 0.3 is 36.1 Å². The zero-order valence-electron chi connectivity index (χ0n) is 8.23. The van der Waals surface area contributed by atoms with Crippen molar-refractivity contribution in [3.63, 3.8) is 0 Å². The van der Waals surface area contributed by atoms with Crippen molar-refractivity contribution in [3.05, 3.63) is 0 Å². The van der Waals surface area contributed by atoms with Crippen molar-refractivity contribution in [2.45, 2.75) is 24.7 Å². The van der Waals surface area contributed by atoms with Crippen LogP contribution in [0.5, 0.6) is 0 Å². The van der Waals surface area contributed by atoms with Crippen molar-refractivity contribution in [3.8, 4) is 0 Å². The quantitative estimate of drug-likeness (QED) is 0.646. The highest BCUT2D eigenvalue weighted by Gasteiger charge is 2.43. The molecule has 0 heterocycles. The van der Waals surface area contributed by atoms with E-state index in [1.54, 1.807) is 0 Å². The van der Waals surface area contributed by atoms with Crippen LogP contribution >= 0.6 is 0 Å². The Morgan fingerprint density at radius 1 is 0.833 bits per heavy atom. The van der Waals surface area contributed by atoms with Crippen molar-refractivity contribution < 1.29 is 47.7 Å². The van der Waals surface area contributed by atoms with Gasteiger partial charge < -0.3 is 0 Å². The van der Waals surface area contributed by atoms with Gasteiger partial charge in [-0.2, -0.15) is 21.8 Å². The SMILES string of the molecule is O=S(OCC(F)(F)C(F)F)OCC(F)(F)C(F)F. The fraction of sp³-hybridized carbons (Fsp3) is 1.00. The second-order valence-corrected chi connectivity index (χ2v) is 3.73. The normalized spacial score (nSPS) is 13.9. The molecule has 0 spiro atoms. The molecule has 0 aromatic rings. The van der Waals surface area contributed by atoms with Crippen molar-refractivity contribution in [1.82, 2.24) is 0 Å². The molecule has 0 atom stereocenters. The Balaban J connectivity index is 4.08. The maximum absolute atomic E-state index is 12.2. The van der Waals surface area contributed by atoms with Crippen LogP contribution in [0.4, 0.5) is 35.1 Å². The first-order valence-electron chi connectivity index (χ1n) is 3.99. The predicted octanol–water partition coefficient (Wildman–Crippen LogP) is 2.40. The molecule has 0 saturated heterocycles. The van der Waals surface area contributed by atoms with Gasteiger partial charge in [-0.05, 0) is 0 Å². The molecular weight excluding hydrogens is 304 g/mol. The summed E-state index contributed by atoms with van der Waals surface area (Å²) in [4.78, 5) is 0. The molecule has 0 fully saturated rings. The van der Waals surface area contributed by atoms with Gasteiger partial charge in [0.25, 0.3) is 0 Å². The van der Waals surface area contributed by atoms with Gasteiger partial charge in [0, 0.05) is 0 Å². The topological polar surface area (TPSA) is 35.5 Å². The molecule has 110 valence electrons. The van der Waals surface area contributed by atoms with Gasteiger partial charge in [-0.1, -0.05) is 0 Å². The molecule has 0 N–H and O–H groups in total. The second kappa shape index (κ2) is 6.61. The second-order valence-electron chi connectivity index (χ2n) is 2.85. The molecule has 0 aromatic heterocycles. The maximum Gasteiger partial charge on any atom is 0.331 e. The minimum atomic E-state index is -4.66. The maximum atomic E-state index is 12.2. The van der Waals surface area contributed by atoms with E-state index in [1.165, 1.54) is 0 Å². The molecule has 0 unspecified atom stereocenters. The molecule has 0 rings (SSSR count). The molecule has 3 nitrogen and oxygen atoms in total. The van der Waals surface area contributed by atoms with Gasteiger partial charge in [-0.25, -0.2) is 17.6 Å². The van der Waals surface area contributed by atoms with E-state index >= 15 is 0 Å². The highest BCUT2D eigenvalue weighted by molar-refractivity contribution is 7.75. The van der Waals surface area contributed by atoms with Crippen LogP contribution in [0.15, 0.2) is 0 Å². The summed E-state index contributed by atoms with van der Waals surface area (Å²) in [6, 6.07) is 0. The summed E-state index contributed by atoms with van der Waals surface area (Å²) < 4.78 is 112. The molecular formula is C6H6F8O3S. The lowest BCUT2D eigenvalue weighted by atomic mass is 10.4. The van der Waals surface area contributed by atoms with Crippen molar-refractivity contribution in [2.75, 3.05) is 13.2 Å². The number of hydrogen-bond acceptors (Lipinski definition) is 3. The summed E-state index contributed by atoms with van der Waals surface area (Å²) in [6.07, 6.45) is -8.26. The smallest absolute Gasteiger partial charge is 0.262 e. The number of alkyl halides is 8. The summed E-state index contributed by atoms with van der Waals surface area (Å²) in [5, 5.41) is 0. The first kappa shape index (κ1) is 17.5. The summed E-state index contributed by atoms with van der Waals surface area (Å²) in [6.45, 7) is -4.14. The molecule has 18 heavy (non-hydrogen) atoms. The largest absolute Gasteiger partial charge is 0.331 e. The zero-order valence-corrected chi connectivity index (χ0v) is 9.04. The fourth-order valence-corrected chi connectivity index (χ4v) is 0.988. The average molecular weight is 310 g/mol. The third-order valence-electron chi connectivity index (χ3n) is 1.33. The highest BCUT2D eigenvalue weighted by Crippen LogP contribution is 2.25. The van der Waals surface area contributed by atoms with Gasteiger partial charge in [0.05, 0.1) is 0 Å². The summed E-state index contributed by atoms with van der Waals surface area (Å²) in [5.41, 5.74) is 0. The Kier molecular flexibility index (Phi) is 6.43. The standard InChI is InChI=1S/C6H6F8O3S/c7-3(8)5(11,12)1-16-18(15)17-2-6(13,14)4(9)10/h3-4H,1-2H2. The molecule has 0 aliphatic rings.